The molecule has 3 aromatic carbocycles. The summed E-state index contributed by atoms with van der Waals surface area (Å²) in [5, 5.41) is 6.05. The lowest BCUT2D eigenvalue weighted by atomic mass is 10.1. The fourth-order valence-electron chi connectivity index (χ4n) is 3.27. The molecular formula is C26H19FN2O3S. The Morgan fingerprint density at radius 1 is 1.03 bits per heavy atom. The fraction of sp³-hybridized carbons (Fsp3) is 0.0769. The van der Waals surface area contributed by atoms with Gasteiger partial charge in [-0.05, 0) is 36.4 Å². The first kappa shape index (κ1) is 22.2. The monoisotopic (exact) mass is 458 g/mol. The number of nitrogens with one attached hydrogen (secondary N) is 2. The van der Waals surface area contributed by atoms with Gasteiger partial charge in [-0.3, -0.25) is 9.59 Å². The molecule has 33 heavy (non-hydrogen) atoms. The average molecular weight is 459 g/mol. The lowest BCUT2D eigenvalue weighted by Crippen LogP contribution is -2.33. The maximum Gasteiger partial charge on any atom is 0.287 e. The van der Waals surface area contributed by atoms with Crippen molar-refractivity contribution in [3.63, 3.8) is 0 Å². The maximum absolute atomic E-state index is 14.0. The van der Waals surface area contributed by atoms with Crippen LogP contribution in [0.3, 0.4) is 0 Å². The molecule has 0 spiro atoms. The van der Waals surface area contributed by atoms with Crippen molar-refractivity contribution in [1.29, 1.82) is 0 Å². The summed E-state index contributed by atoms with van der Waals surface area (Å²) in [5.74, 6) is 1.67. The van der Waals surface area contributed by atoms with Crippen molar-refractivity contribution in [2.24, 2.45) is 0 Å². The van der Waals surface area contributed by atoms with E-state index in [0.717, 1.165) is 5.39 Å². The van der Waals surface area contributed by atoms with Crippen LogP contribution in [-0.2, 0) is 10.5 Å². The normalized spacial score (nSPS) is 10.5. The molecular weight excluding hydrogens is 439 g/mol. The smallest absolute Gasteiger partial charge is 0.287 e. The Labute approximate surface area is 194 Å². The van der Waals surface area contributed by atoms with Gasteiger partial charge in [-0.1, -0.05) is 42.3 Å². The van der Waals surface area contributed by atoms with Crippen LogP contribution in [0.5, 0.6) is 0 Å². The summed E-state index contributed by atoms with van der Waals surface area (Å²) in [7, 11) is 0. The van der Waals surface area contributed by atoms with Crippen molar-refractivity contribution in [2.75, 3.05) is 11.9 Å². The van der Waals surface area contributed by atoms with Gasteiger partial charge < -0.3 is 15.1 Å². The summed E-state index contributed by atoms with van der Waals surface area (Å²) in [6.45, 7) is -0.254. The number of thioether (sulfide) groups is 1. The average Bonchev–Trinajstić information content (AvgIpc) is 3.21. The highest BCUT2D eigenvalue weighted by atomic mass is 32.2. The van der Waals surface area contributed by atoms with E-state index in [-0.39, 0.29) is 18.1 Å². The van der Waals surface area contributed by atoms with Gasteiger partial charge in [-0.15, -0.1) is 18.2 Å². The van der Waals surface area contributed by atoms with Gasteiger partial charge in [0.1, 0.15) is 11.4 Å². The standard InChI is InChI=1S/C26H19FN2O3S/c1-2-17-8-7-9-18(14-17)29-24(30)15-28-26(31)25-20(19-10-3-5-12-22(19)32-25)16-33-23-13-6-4-11-21(23)27/h1,3-14H,15-16H2,(H,28,31)(H,29,30). The van der Waals surface area contributed by atoms with E-state index < -0.39 is 11.8 Å². The molecule has 5 nitrogen and oxygen atoms in total. The number of carbonyl (C=O) groups excluding carboxylic acids is 2. The molecule has 0 aliphatic rings. The molecule has 0 aliphatic heterocycles. The second-order valence-corrected chi connectivity index (χ2v) is 8.10. The molecule has 0 atom stereocenters. The number of hydrogen-bond donors (Lipinski definition) is 2. The third-order valence-electron chi connectivity index (χ3n) is 4.84. The minimum Gasteiger partial charge on any atom is -0.451 e. The summed E-state index contributed by atoms with van der Waals surface area (Å²) < 4.78 is 19.8. The van der Waals surface area contributed by atoms with Gasteiger partial charge in [-0.25, -0.2) is 4.39 Å². The minimum atomic E-state index is -0.525. The minimum absolute atomic E-state index is 0.0992. The van der Waals surface area contributed by atoms with Crippen LogP contribution in [0.4, 0.5) is 10.1 Å². The largest absolute Gasteiger partial charge is 0.451 e. The zero-order valence-corrected chi connectivity index (χ0v) is 18.2. The summed E-state index contributed by atoms with van der Waals surface area (Å²) in [6.07, 6.45) is 5.38. The molecule has 2 amide bonds. The van der Waals surface area contributed by atoms with Gasteiger partial charge in [0.2, 0.25) is 5.91 Å². The van der Waals surface area contributed by atoms with Crippen LogP contribution < -0.4 is 10.6 Å². The molecule has 2 N–H and O–H groups in total. The van der Waals surface area contributed by atoms with Crippen molar-refractivity contribution >= 4 is 40.2 Å². The highest BCUT2D eigenvalue weighted by Gasteiger charge is 2.21. The summed E-state index contributed by atoms with van der Waals surface area (Å²) in [4.78, 5) is 25.6. The lowest BCUT2D eigenvalue weighted by Gasteiger charge is -2.08. The maximum atomic E-state index is 14.0. The summed E-state index contributed by atoms with van der Waals surface area (Å²) in [6, 6.07) is 20.6. The Morgan fingerprint density at radius 2 is 1.82 bits per heavy atom. The number of carbonyl (C=O) groups is 2. The number of halogens is 1. The van der Waals surface area contributed by atoms with Gasteiger partial charge in [0, 0.05) is 32.8 Å². The quantitative estimate of drug-likeness (QED) is 0.294. The van der Waals surface area contributed by atoms with Crippen LogP contribution >= 0.6 is 11.8 Å². The van der Waals surface area contributed by atoms with Crippen LogP contribution in [-0.4, -0.2) is 18.4 Å². The molecule has 0 fully saturated rings. The first-order valence-corrected chi connectivity index (χ1v) is 11.1. The van der Waals surface area contributed by atoms with Gasteiger partial charge in [0.05, 0.1) is 6.54 Å². The van der Waals surface area contributed by atoms with Crippen LogP contribution in [0, 0.1) is 18.2 Å². The van der Waals surface area contributed by atoms with E-state index in [1.807, 2.05) is 12.1 Å². The number of rotatable bonds is 7. The molecule has 4 rings (SSSR count). The molecule has 4 aromatic rings. The third kappa shape index (κ3) is 5.25. The number of para-hydroxylation sites is 1. The van der Waals surface area contributed by atoms with Crippen molar-refractivity contribution in [1.82, 2.24) is 5.32 Å². The topological polar surface area (TPSA) is 71.3 Å². The van der Waals surface area contributed by atoms with Crippen LogP contribution in [0.15, 0.2) is 82.1 Å². The molecule has 0 saturated carbocycles. The highest BCUT2D eigenvalue weighted by molar-refractivity contribution is 7.98. The van der Waals surface area contributed by atoms with E-state index in [4.69, 9.17) is 10.8 Å². The number of hydrogen-bond acceptors (Lipinski definition) is 4. The SMILES string of the molecule is C#Cc1cccc(NC(=O)CNC(=O)c2oc3ccccc3c2CSc2ccccc2F)c1. The molecule has 7 heteroatoms. The van der Waals surface area contributed by atoms with E-state index >= 15 is 0 Å². The lowest BCUT2D eigenvalue weighted by molar-refractivity contribution is -0.115. The van der Waals surface area contributed by atoms with E-state index in [0.29, 0.717) is 33.0 Å². The predicted octanol–water partition coefficient (Wildman–Crippen LogP) is 5.21. The molecule has 0 aliphatic carbocycles. The van der Waals surface area contributed by atoms with E-state index in [9.17, 15) is 14.0 Å². The van der Waals surface area contributed by atoms with E-state index in [1.165, 1.54) is 17.8 Å². The van der Waals surface area contributed by atoms with Gasteiger partial charge in [0.25, 0.3) is 5.91 Å². The zero-order valence-electron chi connectivity index (χ0n) is 17.4. The molecule has 0 unspecified atom stereocenters. The zero-order chi connectivity index (χ0) is 23.2. The van der Waals surface area contributed by atoms with Crippen molar-refractivity contribution < 1.29 is 18.4 Å². The van der Waals surface area contributed by atoms with E-state index in [2.05, 4.69) is 16.6 Å². The number of fused-ring (bicyclic) bond motifs is 1. The number of amides is 2. The van der Waals surface area contributed by atoms with Crippen molar-refractivity contribution in [2.45, 2.75) is 10.6 Å². The number of terminal acetylenes is 1. The van der Waals surface area contributed by atoms with Gasteiger partial charge in [0.15, 0.2) is 5.76 Å². The summed E-state index contributed by atoms with van der Waals surface area (Å²) in [5.41, 5.74) is 2.35. The third-order valence-corrected chi connectivity index (χ3v) is 5.91. The van der Waals surface area contributed by atoms with Crippen LogP contribution in [0.1, 0.15) is 21.7 Å². The Bertz CT molecular complexity index is 1370. The first-order chi connectivity index (χ1) is 16.0. The number of furan rings is 1. The van der Waals surface area contributed by atoms with E-state index in [1.54, 1.807) is 54.6 Å². The molecule has 0 radical (unpaired) electrons. The van der Waals surface area contributed by atoms with Gasteiger partial charge in [-0.2, -0.15) is 0 Å². The fourth-order valence-corrected chi connectivity index (χ4v) is 4.24. The van der Waals surface area contributed by atoms with Crippen LogP contribution in [0.25, 0.3) is 11.0 Å². The number of benzene rings is 3. The van der Waals surface area contributed by atoms with Gasteiger partial charge >= 0.3 is 0 Å². The first-order valence-electron chi connectivity index (χ1n) is 10.1. The highest BCUT2D eigenvalue weighted by Crippen LogP contribution is 2.33. The second-order valence-electron chi connectivity index (χ2n) is 7.08. The van der Waals surface area contributed by atoms with Crippen molar-refractivity contribution in [3.8, 4) is 12.3 Å². The second kappa shape index (κ2) is 10.1. The Balaban J connectivity index is 1.48. The summed E-state index contributed by atoms with van der Waals surface area (Å²) >= 11 is 1.27. The molecule has 0 saturated heterocycles. The van der Waals surface area contributed by atoms with Crippen molar-refractivity contribution in [3.05, 3.63) is 95.5 Å². The Kier molecular flexibility index (Phi) is 6.77. The molecule has 1 heterocycles. The van der Waals surface area contributed by atoms with Crippen LogP contribution in [0.2, 0.25) is 0 Å². The molecule has 1 aromatic heterocycles. The molecule has 0 bridgehead atoms. The molecule has 164 valence electrons. The predicted molar refractivity (Wildman–Crippen MR) is 128 cm³/mol. The number of anilines is 1. The Morgan fingerprint density at radius 3 is 2.64 bits per heavy atom. The Hall–Kier alpha value is -4.02.